The molecule has 0 rings (SSSR count). The van der Waals surface area contributed by atoms with Gasteiger partial charge in [0.1, 0.15) is 0 Å². The van der Waals surface area contributed by atoms with Crippen LogP contribution in [0.15, 0.2) is 0 Å². The van der Waals surface area contributed by atoms with Crippen LogP contribution in [0.5, 0.6) is 0 Å². The summed E-state index contributed by atoms with van der Waals surface area (Å²) in [6.45, 7) is 19.5. The van der Waals surface area contributed by atoms with E-state index in [4.69, 9.17) is 5.73 Å². The zero-order valence-electron chi connectivity index (χ0n) is 41.5. The summed E-state index contributed by atoms with van der Waals surface area (Å²) in [6, 6.07) is 0.520. The van der Waals surface area contributed by atoms with Gasteiger partial charge in [-0.2, -0.15) is 0 Å². The number of amides is 3. The average Bonchev–Trinajstić information content (AvgIpc) is 3.23. The lowest BCUT2D eigenvalue weighted by Crippen LogP contribution is -2.43. The van der Waals surface area contributed by atoms with E-state index in [1.807, 2.05) is 0 Å². The summed E-state index contributed by atoms with van der Waals surface area (Å²) >= 11 is 0. The highest BCUT2D eigenvalue weighted by atomic mass is 16.2. The van der Waals surface area contributed by atoms with E-state index in [1.54, 1.807) is 0 Å². The van der Waals surface area contributed by atoms with Gasteiger partial charge in [0.25, 0.3) is 0 Å². The molecule has 0 spiro atoms. The van der Waals surface area contributed by atoms with Crippen LogP contribution in [0.3, 0.4) is 0 Å². The molecule has 0 heterocycles. The molecule has 0 aromatic heterocycles. The van der Waals surface area contributed by atoms with Gasteiger partial charge in [-0.25, -0.2) is 0 Å². The lowest BCUT2D eigenvalue weighted by atomic mass is 10.1. The molecule has 0 aliphatic carbocycles. The quantitative estimate of drug-likeness (QED) is 0.0385. The Labute approximate surface area is 379 Å². The SMILES string of the molecule is CCCCCCCCCCC(C)NC(=O)CCN(CCNCCN)CCN(CCC(=O)NC(C)CCCCCCCCCC)CCC(=O)NC(C)CCCCCCCCCC. The van der Waals surface area contributed by atoms with Crippen LogP contribution in [0.4, 0.5) is 0 Å². The number of nitrogens with zero attached hydrogens (tertiary/aromatic N) is 2. The van der Waals surface area contributed by atoms with Crippen LogP contribution < -0.4 is 27.0 Å². The first-order chi connectivity index (χ1) is 29.6. The van der Waals surface area contributed by atoms with Crippen LogP contribution in [-0.4, -0.2) is 105 Å². The number of unbranched alkanes of at least 4 members (excludes halogenated alkanes) is 21. The number of hydrogen-bond donors (Lipinski definition) is 5. The van der Waals surface area contributed by atoms with Crippen molar-refractivity contribution in [2.24, 2.45) is 5.73 Å². The molecule has 0 aliphatic rings. The Balaban J connectivity index is 5.14. The molecular weight excluding hydrogens is 759 g/mol. The van der Waals surface area contributed by atoms with Crippen molar-refractivity contribution >= 4 is 17.7 Å². The van der Waals surface area contributed by atoms with E-state index in [-0.39, 0.29) is 35.8 Å². The molecule has 362 valence electrons. The molecule has 0 bridgehead atoms. The van der Waals surface area contributed by atoms with Crippen molar-refractivity contribution in [3.05, 3.63) is 0 Å². The molecule has 0 saturated carbocycles. The minimum absolute atomic E-state index is 0.0844. The number of carbonyl (C=O) groups excluding carboxylic acids is 3. The Bertz CT molecular complexity index is 942. The number of carbonyl (C=O) groups is 3. The number of rotatable bonds is 47. The third-order valence-corrected chi connectivity index (χ3v) is 12.3. The van der Waals surface area contributed by atoms with Crippen LogP contribution in [0.2, 0.25) is 0 Å². The van der Waals surface area contributed by atoms with Crippen molar-refractivity contribution in [2.75, 3.05) is 58.9 Å². The highest BCUT2D eigenvalue weighted by Crippen LogP contribution is 2.13. The second-order valence-electron chi connectivity index (χ2n) is 18.7. The molecule has 3 unspecified atom stereocenters. The molecule has 0 fully saturated rings. The lowest BCUT2D eigenvalue weighted by molar-refractivity contribution is -0.123. The van der Waals surface area contributed by atoms with E-state index in [1.165, 1.54) is 135 Å². The van der Waals surface area contributed by atoms with Crippen LogP contribution in [0.25, 0.3) is 0 Å². The molecule has 10 nitrogen and oxygen atoms in total. The van der Waals surface area contributed by atoms with E-state index in [0.717, 1.165) is 71.2 Å². The molecular formula is C51H105N7O3. The zero-order chi connectivity index (χ0) is 45.0. The van der Waals surface area contributed by atoms with Gasteiger partial charge in [-0.1, -0.05) is 175 Å². The minimum atomic E-state index is 0.0844. The number of nitrogens with two attached hydrogens (primary N) is 1. The topological polar surface area (TPSA) is 132 Å². The Morgan fingerprint density at radius 3 is 0.967 bits per heavy atom. The molecule has 0 aromatic carbocycles. The van der Waals surface area contributed by atoms with E-state index < -0.39 is 0 Å². The molecule has 0 aromatic rings. The second kappa shape index (κ2) is 44.8. The fourth-order valence-electron chi connectivity index (χ4n) is 8.21. The van der Waals surface area contributed by atoms with Crippen molar-refractivity contribution in [1.82, 2.24) is 31.1 Å². The van der Waals surface area contributed by atoms with Gasteiger partial charge in [0.2, 0.25) is 17.7 Å². The lowest BCUT2D eigenvalue weighted by Gasteiger charge is -2.28. The normalized spacial score (nSPS) is 13.1. The minimum Gasteiger partial charge on any atom is -0.354 e. The van der Waals surface area contributed by atoms with Gasteiger partial charge < -0.3 is 36.8 Å². The molecule has 61 heavy (non-hydrogen) atoms. The van der Waals surface area contributed by atoms with Crippen molar-refractivity contribution in [3.8, 4) is 0 Å². The highest BCUT2D eigenvalue weighted by Gasteiger charge is 2.17. The van der Waals surface area contributed by atoms with E-state index in [0.29, 0.717) is 45.4 Å². The average molecular weight is 864 g/mol. The fourth-order valence-corrected chi connectivity index (χ4v) is 8.21. The third-order valence-electron chi connectivity index (χ3n) is 12.3. The first-order valence-electron chi connectivity index (χ1n) is 26.4. The monoisotopic (exact) mass is 864 g/mol. The predicted octanol–water partition coefficient (Wildman–Crippen LogP) is 10.4. The number of hydrogen-bond acceptors (Lipinski definition) is 7. The maximum atomic E-state index is 13.2. The van der Waals surface area contributed by atoms with E-state index in [2.05, 4.69) is 72.6 Å². The summed E-state index contributed by atoms with van der Waals surface area (Å²) in [6.07, 6.45) is 35.3. The molecule has 0 saturated heterocycles. The van der Waals surface area contributed by atoms with Crippen molar-refractivity contribution in [1.29, 1.82) is 0 Å². The first-order valence-corrected chi connectivity index (χ1v) is 26.4. The van der Waals surface area contributed by atoms with Crippen molar-refractivity contribution in [2.45, 2.75) is 252 Å². The molecule has 0 aliphatic heterocycles. The maximum absolute atomic E-state index is 13.2. The second-order valence-corrected chi connectivity index (χ2v) is 18.7. The highest BCUT2D eigenvalue weighted by molar-refractivity contribution is 5.77. The third kappa shape index (κ3) is 42.0. The van der Waals surface area contributed by atoms with Crippen LogP contribution >= 0.6 is 0 Å². The van der Waals surface area contributed by atoms with E-state index >= 15 is 0 Å². The summed E-state index contributed by atoms with van der Waals surface area (Å²) in [4.78, 5) is 44.0. The Kier molecular flexibility index (Phi) is 43.6. The van der Waals surface area contributed by atoms with Crippen LogP contribution in [-0.2, 0) is 14.4 Å². The number of nitrogens with one attached hydrogen (secondary N) is 4. The van der Waals surface area contributed by atoms with Crippen molar-refractivity contribution in [3.63, 3.8) is 0 Å². The Morgan fingerprint density at radius 2 is 0.672 bits per heavy atom. The molecule has 10 heteroatoms. The summed E-state index contributed by atoms with van der Waals surface area (Å²) < 4.78 is 0. The van der Waals surface area contributed by atoms with E-state index in [9.17, 15) is 14.4 Å². The Morgan fingerprint density at radius 1 is 0.393 bits per heavy atom. The molecule has 3 atom stereocenters. The van der Waals surface area contributed by atoms with Gasteiger partial charge in [0, 0.05) is 96.3 Å². The van der Waals surface area contributed by atoms with Gasteiger partial charge in [-0.05, 0) is 40.0 Å². The molecule has 3 amide bonds. The summed E-state index contributed by atoms with van der Waals surface area (Å²) in [5.41, 5.74) is 5.75. The maximum Gasteiger partial charge on any atom is 0.221 e. The fraction of sp³-hybridized carbons (Fsp3) is 0.941. The van der Waals surface area contributed by atoms with Gasteiger partial charge in [0.05, 0.1) is 0 Å². The van der Waals surface area contributed by atoms with Crippen molar-refractivity contribution < 1.29 is 14.4 Å². The van der Waals surface area contributed by atoms with Crippen LogP contribution in [0, 0.1) is 0 Å². The van der Waals surface area contributed by atoms with Gasteiger partial charge in [-0.3, -0.25) is 14.4 Å². The molecule has 6 N–H and O–H groups in total. The molecule has 0 radical (unpaired) electrons. The van der Waals surface area contributed by atoms with Gasteiger partial charge in [-0.15, -0.1) is 0 Å². The zero-order valence-corrected chi connectivity index (χ0v) is 41.5. The standard InChI is InChI=1S/C51H105N7O3/c1-7-10-13-16-19-22-25-28-31-46(4)54-49(59)34-40-57(41-35-50(60)55-47(5)32-29-26-23-20-17-14-11-8-2)44-45-58(43-39-53-38-37-52)42-36-51(61)56-48(6)33-30-27-24-21-18-15-12-9-3/h46-48,53H,7-45,52H2,1-6H3,(H,54,59)(H,55,60)(H,56,61). The summed E-state index contributed by atoms with van der Waals surface area (Å²) in [5.74, 6) is 0.279. The van der Waals surface area contributed by atoms with Gasteiger partial charge in [0.15, 0.2) is 0 Å². The Hall–Kier alpha value is -1.75. The summed E-state index contributed by atoms with van der Waals surface area (Å²) in [7, 11) is 0. The van der Waals surface area contributed by atoms with Crippen LogP contribution in [0.1, 0.15) is 234 Å². The first kappa shape index (κ1) is 59.2. The predicted molar refractivity (Wildman–Crippen MR) is 263 cm³/mol. The summed E-state index contributed by atoms with van der Waals surface area (Å²) in [5, 5.41) is 13.2. The smallest absolute Gasteiger partial charge is 0.221 e. The largest absolute Gasteiger partial charge is 0.354 e. The van der Waals surface area contributed by atoms with Gasteiger partial charge >= 0.3 is 0 Å².